The molecule has 7 heteroatoms. The van der Waals surface area contributed by atoms with E-state index in [1.165, 1.54) is 0 Å². The lowest BCUT2D eigenvalue weighted by molar-refractivity contribution is -0.128. The third kappa shape index (κ3) is 4.93. The summed E-state index contributed by atoms with van der Waals surface area (Å²) in [6.07, 6.45) is 0. The van der Waals surface area contributed by atoms with E-state index in [-0.39, 0.29) is 11.8 Å². The highest BCUT2D eigenvalue weighted by molar-refractivity contribution is 5.99. The van der Waals surface area contributed by atoms with Crippen molar-refractivity contribution in [2.75, 3.05) is 32.9 Å². The molecule has 1 atom stereocenters. The van der Waals surface area contributed by atoms with Crippen LogP contribution in [0.1, 0.15) is 48.3 Å². The van der Waals surface area contributed by atoms with E-state index in [0.29, 0.717) is 55.7 Å². The second kappa shape index (κ2) is 10.2. The van der Waals surface area contributed by atoms with Crippen LogP contribution in [0, 0.1) is 6.92 Å². The van der Waals surface area contributed by atoms with Gasteiger partial charge in [0.2, 0.25) is 11.7 Å². The summed E-state index contributed by atoms with van der Waals surface area (Å²) < 4.78 is 17.2. The van der Waals surface area contributed by atoms with Gasteiger partial charge in [-0.1, -0.05) is 29.8 Å². The maximum atomic E-state index is 13.6. The van der Waals surface area contributed by atoms with Crippen molar-refractivity contribution < 1.29 is 23.8 Å². The van der Waals surface area contributed by atoms with Crippen molar-refractivity contribution in [1.82, 2.24) is 10.2 Å². The molecule has 3 rings (SSSR count). The summed E-state index contributed by atoms with van der Waals surface area (Å²) in [6, 6.07) is 10.3. The van der Waals surface area contributed by atoms with Crippen molar-refractivity contribution in [1.29, 1.82) is 0 Å². The highest BCUT2D eigenvalue weighted by Gasteiger charge is 2.35. The third-order valence-electron chi connectivity index (χ3n) is 4.99. The molecule has 1 aliphatic heterocycles. The molecule has 1 unspecified atom stereocenters. The Hall–Kier alpha value is -3.22. The number of amides is 2. The van der Waals surface area contributed by atoms with Gasteiger partial charge in [0, 0.05) is 18.7 Å². The zero-order chi connectivity index (χ0) is 22.4. The SMILES string of the molecule is CCOc1cc(C(=O)N2CCNC(=O)C2c2cccc(C)c2)cc(OCC)c1OCC. The lowest BCUT2D eigenvalue weighted by atomic mass is 9.99. The van der Waals surface area contributed by atoms with Crippen molar-refractivity contribution in [3.05, 3.63) is 53.1 Å². The molecule has 0 aromatic heterocycles. The van der Waals surface area contributed by atoms with Crippen molar-refractivity contribution in [2.45, 2.75) is 33.7 Å². The molecular weight excluding hydrogens is 396 g/mol. The number of carbonyl (C=O) groups is 2. The zero-order valence-electron chi connectivity index (χ0n) is 18.6. The van der Waals surface area contributed by atoms with Crippen LogP contribution in [0.5, 0.6) is 17.2 Å². The van der Waals surface area contributed by atoms with Gasteiger partial charge in [-0.2, -0.15) is 0 Å². The number of piperazine rings is 1. The number of hydrogen-bond donors (Lipinski definition) is 1. The van der Waals surface area contributed by atoms with Crippen LogP contribution in [-0.4, -0.2) is 49.6 Å². The summed E-state index contributed by atoms with van der Waals surface area (Å²) in [5.74, 6) is 0.936. The minimum absolute atomic E-state index is 0.189. The second-order valence-electron chi connectivity index (χ2n) is 7.21. The molecule has 1 aliphatic rings. The zero-order valence-corrected chi connectivity index (χ0v) is 18.6. The van der Waals surface area contributed by atoms with Gasteiger partial charge in [0.15, 0.2) is 11.5 Å². The standard InChI is InChI=1S/C24H30N2O5/c1-5-29-19-14-18(15-20(30-6-2)22(19)31-7-3)24(28)26-12-11-25-23(27)21(26)17-10-8-9-16(4)13-17/h8-10,13-15,21H,5-7,11-12H2,1-4H3,(H,25,27). The molecule has 2 aromatic rings. The van der Waals surface area contributed by atoms with Crippen LogP contribution in [0.3, 0.4) is 0 Å². The lowest BCUT2D eigenvalue weighted by Crippen LogP contribution is -2.52. The Labute approximate surface area is 183 Å². The van der Waals surface area contributed by atoms with Crippen molar-refractivity contribution in [2.24, 2.45) is 0 Å². The first kappa shape index (κ1) is 22.5. The number of benzene rings is 2. The molecule has 0 bridgehead atoms. The Morgan fingerprint density at radius 3 is 2.26 bits per heavy atom. The molecule has 1 saturated heterocycles. The van der Waals surface area contributed by atoms with Crippen LogP contribution in [0.2, 0.25) is 0 Å². The van der Waals surface area contributed by atoms with Gasteiger partial charge >= 0.3 is 0 Å². The molecule has 0 spiro atoms. The average molecular weight is 427 g/mol. The van der Waals surface area contributed by atoms with Gasteiger partial charge in [-0.25, -0.2) is 0 Å². The summed E-state index contributed by atoms with van der Waals surface area (Å²) in [5, 5.41) is 2.87. The first-order chi connectivity index (χ1) is 15.0. The first-order valence-corrected chi connectivity index (χ1v) is 10.7. The first-order valence-electron chi connectivity index (χ1n) is 10.7. The van der Waals surface area contributed by atoms with E-state index < -0.39 is 6.04 Å². The summed E-state index contributed by atoms with van der Waals surface area (Å²) in [4.78, 5) is 28.0. The average Bonchev–Trinajstić information content (AvgIpc) is 2.75. The van der Waals surface area contributed by atoms with Gasteiger partial charge in [-0.05, 0) is 45.4 Å². The molecule has 0 saturated carbocycles. The predicted octanol–water partition coefficient (Wildman–Crippen LogP) is 3.50. The molecule has 166 valence electrons. The molecule has 2 aromatic carbocycles. The Morgan fingerprint density at radius 1 is 1.03 bits per heavy atom. The molecule has 7 nitrogen and oxygen atoms in total. The van der Waals surface area contributed by atoms with Crippen molar-refractivity contribution in [3.8, 4) is 17.2 Å². The molecule has 2 amide bonds. The molecule has 1 N–H and O–H groups in total. The number of ether oxygens (including phenoxy) is 3. The summed E-state index contributed by atoms with van der Waals surface area (Å²) >= 11 is 0. The van der Waals surface area contributed by atoms with E-state index in [2.05, 4.69) is 5.32 Å². The minimum atomic E-state index is -0.696. The summed E-state index contributed by atoms with van der Waals surface area (Å²) in [7, 11) is 0. The second-order valence-corrected chi connectivity index (χ2v) is 7.21. The maximum absolute atomic E-state index is 13.6. The highest BCUT2D eigenvalue weighted by Crippen LogP contribution is 2.40. The topological polar surface area (TPSA) is 77.1 Å². The number of nitrogens with zero attached hydrogens (tertiary/aromatic N) is 1. The van der Waals surface area contributed by atoms with Crippen molar-refractivity contribution >= 4 is 11.8 Å². The highest BCUT2D eigenvalue weighted by atomic mass is 16.5. The van der Waals surface area contributed by atoms with Gasteiger partial charge < -0.3 is 24.4 Å². The van der Waals surface area contributed by atoms with E-state index in [0.717, 1.165) is 11.1 Å². The van der Waals surface area contributed by atoms with Gasteiger partial charge in [0.1, 0.15) is 6.04 Å². The van der Waals surface area contributed by atoms with Crippen LogP contribution >= 0.6 is 0 Å². The van der Waals surface area contributed by atoms with Gasteiger partial charge in [-0.15, -0.1) is 0 Å². The van der Waals surface area contributed by atoms with Crippen LogP contribution in [0.25, 0.3) is 0 Å². The summed E-state index contributed by atoms with van der Waals surface area (Å²) in [5.41, 5.74) is 2.20. The van der Waals surface area contributed by atoms with E-state index >= 15 is 0 Å². The Bertz CT molecular complexity index is 916. The van der Waals surface area contributed by atoms with E-state index in [9.17, 15) is 9.59 Å². The quantitative estimate of drug-likeness (QED) is 0.699. The Balaban J connectivity index is 2.03. The molecular formula is C24H30N2O5. The normalized spacial score (nSPS) is 15.9. The van der Waals surface area contributed by atoms with Gasteiger partial charge in [0.05, 0.1) is 19.8 Å². The van der Waals surface area contributed by atoms with E-state index in [1.54, 1.807) is 17.0 Å². The van der Waals surface area contributed by atoms with Gasteiger partial charge in [-0.3, -0.25) is 9.59 Å². The van der Waals surface area contributed by atoms with Crippen LogP contribution < -0.4 is 19.5 Å². The fourth-order valence-corrected chi connectivity index (χ4v) is 3.74. The number of aryl methyl sites for hydroxylation is 1. The van der Waals surface area contributed by atoms with Crippen LogP contribution in [-0.2, 0) is 4.79 Å². The molecule has 0 radical (unpaired) electrons. The predicted molar refractivity (Wildman–Crippen MR) is 118 cm³/mol. The Kier molecular flexibility index (Phi) is 7.39. The van der Waals surface area contributed by atoms with Crippen LogP contribution in [0.15, 0.2) is 36.4 Å². The van der Waals surface area contributed by atoms with Crippen LogP contribution in [0.4, 0.5) is 0 Å². The number of rotatable bonds is 8. The molecule has 1 fully saturated rings. The smallest absolute Gasteiger partial charge is 0.255 e. The molecule has 31 heavy (non-hydrogen) atoms. The third-order valence-corrected chi connectivity index (χ3v) is 4.99. The fourth-order valence-electron chi connectivity index (χ4n) is 3.74. The van der Waals surface area contributed by atoms with E-state index in [4.69, 9.17) is 14.2 Å². The fraction of sp³-hybridized carbons (Fsp3) is 0.417. The largest absolute Gasteiger partial charge is 0.490 e. The van der Waals surface area contributed by atoms with E-state index in [1.807, 2.05) is 52.0 Å². The molecule has 1 heterocycles. The number of nitrogens with one attached hydrogen (secondary N) is 1. The summed E-state index contributed by atoms with van der Waals surface area (Å²) in [6.45, 7) is 9.66. The van der Waals surface area contributed by atoms with Crippen molar-refractivity contribution in [3.63, 3.8) is 0 Å². The number of carbonyl (C=O) groups excluding carboxylic acids is 2. The minimum Gasteiger partial charge on any atom is -0.490 e. The monoisotopic (exact) mass is 426 g/mol. The Morgan fingerprint density at radius 2 is 1.68 bits per heavy atom. The maximum Gasteiger partial charge on any atom is 0.255 e. The number of hydrogen-bond acceptors (Lipinski definition) is 5. The van der Waals surface area contributed by atoms with Gasteiger partial charge in [0.25, 0.3) is 5.91 Å². The lowest BCUT2D eigenvalue weighted by Gasteiger charge is -2.35. The molecule has 0 aliphatic carbocycles.